The van der Waals surface area contributed by atoms with E-state index in [1.165, 1.54) is 0 Å². The number of hydrogen-bond acceptors (Lipinski definition) is 6. The Hall–Kier alpha value is 0.877. The Morgan fingerprint density at radius 2 is 0.737 bits per heavy atom. The third-order valence-corrected chi connectivity index (χ3v) is 22.7. The van der Waals surface area contributed by atoms with E-state index in [2.05, 4.69) is 0 Å². The maximum absolute atomic E-state index is 9.53. The summed E-state index contributed by atoms with van der Waals surface area (Å²) in [5.41, 5.74) is 3.59. The van der Waals surface area contributed by atoms with Crippen LogP contribution in [0.25, 0.3) is 0 Å². The maximum atomic E-state index is 9.53. The molecule has 0 aliphatic heterocycles. The van der Waals surface area contributed by atoms with Crippen LogP contribution in [0.4, 0.5) is 0 Å². The minimum absolute atomic E-state index is 0.173. The van der Waals surface area contributed by atoms with E-state index in [9.17, 15) is 30.6 Å². The topological polar surface area (TPSA) is 121 Å². The second-order valence-corrected chi connectivity index (χ2v) is 34.2. The summed E-state index contributed by atoms with van der Waals surface area (Å²) >= 11 is -6.98. The van der Waals surface area contributed by atoms with Gasteiger partial charge in [0, 0.05) is 0 Å². The molecule has 0 amide bonds. The van der Waals surface area contributed by atoms with E-state index < -0.39 is 24.9 Å². The third-order valence-electron chi connectivity index (χ3n) is 4.36. The Balaban J connectivity index is 4.84. The van der Waals surface area contributed by atoms with E-state index in [1.54, 1.807) is 11.4 Å². The molecule has 6 nitrogen and oxygen atoms in total. The van der Waals surface area contributed by atoms with Crippen molar-refractivity contribution in [1.29, 1.82) is 0 Å². The Morgan fingerprint density at radius 1 is 0.526 bits per heavy atom. The summed E-state index contributed by atoms with van der Waals surface area (Å²) in [4.78, 5) is 0. The van der Waals surface area contributed by atoms with Gasteiger partial charge in [-0.05, 0) is 0 Å². The van der Waals surface area contributed by atoms with Crippen molar-refractivity contribution in [1.82, 2.24) is 0 Å². The summed E-state index contributed by atoms with van der Waals surface area (Å²) in [7, 11) is 0. The van der Waals surface area contributed by atoms with Gasteiger partial charge in [-0.25, -0.2) is 0 Å². The van der Waals surface area contributed by atoms with Crippen molar-refractivity contribution in [3.05, 3.63) is 0 Å². The summed E-state index contributed by atoms with van der Waals surface area (Å²) in [5, 5.41) is 57.2. The van der Waals surface area contributed by atoms with Gasteiger partial charge in [-0.1, -0.05) is 0 Å². The molecule has 8 heteroatoms. The van der Waals surface area contributed by atoms with E-state index in [0.717, 1.165) is 0 Å². The van der Waals surface area contributed by atoms with Crippen molar-refractivity contribution in [2.45, 2.75) is 28.3 Å². The molecule has 120 valence electrons. The Bertz CT molecular complexity index is 241. The molecule has 0 rings (SSSR count). The molecule has 0 aliphatic carbocycles. The number of hydrogen-bond donors (Lipinski definition) is 6. The number of aliphatic hydroxyl groups excluding tert-OH is 6. The quantitative estimate of drug-likeness (QED) is 0.248. The van der Waals surface area contributed by atoms with Crippen molar-refractivity contribution in [3.8, 4) is 0 Å². The molecule has 0 bridgehead atoms. The fourth-order valence-corrected chi connectivity index (χ4v) is 10.6. The molecule has 0 aliphatic rings. The predicted molar refractivity (Wildman–Crippen MR) is 80.0 cm³/mol. The van der Waals surface area contributed by atoms with Gasteiger partial charge in [-0.15, -0.1) is 0 Å². The zero-order valence-corrected chi connectivity index (χ0v) is 15.7. The fourth-order valence-electron chi connectivity index (χ4n) is 1.75. The SMILES string of the molecule is C[As](CO)(CO)(CO)CCC[As](C)(CO)(CO)CO. The first-order chi connectivity index (χ1) is 8.67. The molecule has 0 aromatic rings. The number of rotatable bonds is 10. The van der Waals surface area contributed by atoms with Crippen molar-refractivity contribution >= 4 is 24.9 Å². The van der Waals surface area contributed by atoms with Crippen LogP contribution < -0.4 is 0 Å². The zero-order valence-electron chi connectivity index (χ0n) is 11.9. The van der Waals surface area contributed by atoms with Gasteiger partial charge < -0.3 is 0 Å². The van der Waals surface area contributed by atoms with E-state index in [-0.39, 0.29) is 32.4 Å². The molecule has 0 unspecified atom stereocenters. The van der Waals surface area contributed by atoms with Crippen LogP contribution in [0, 0.1) is 0 Å². The fraction of sp³-hybridized carbons (Fsp3) is 1.00. The molecule has 0 radical (unpaired) electrons. The first-order valence-corrected chi connectivity index (χ1v) is 20.7. The van der Waals surface area contributed by atoms with Crippen LogP contribution in [-0.4, -0.2) is 87.9 Å². The normalized spacial score (nSPS) is 17.5. The summed E-state index contributed by atoms with van der Waals surface area (Å²) in [5.74, 6) is 0. The molecule has 0 atom stereocenters. The van der Waals surface area contributed by atoms with Gasteiger partial charge in [0.2, 0.25) is 0 Å². The Labute approximate surface area is 116 Å². The molecule has 0 aromatic heterocycles. The molecule has 19 heavy (non-hydrogen) atoms. The van der Waals surface area contributed by atoms with Crippen LogP contribution in [0.1, 0.15) is 6.42 Å². The van der Waals surface area contributed by atoms with E-state index >= 15 is 0 Å². The summed E-state index contributed by atoms with van der Waals surface area (Å²) in [6.45, 7) is 0. The second kappa shape index (κ2) is 6.76. The monoisotopic (exact) mass is 408 g/mol. The molecule has 0 heterocycles. The molecular weight excluding hydrogens is 378 g/mol. The van der Waals surface area contributed by atoms with Crippen molar-refractivity contribution < 1.29 is 30.6 Å². The first-order valence-electron chi connectivity index (χ1n) is 6.32. The van der Waals surface area contributed by atoms with Gasteiger partial charge in [0.25, 0.3) is 0 Å². The Kier molecular flexibility index (Phi) is 7.07. The van der Waals surface area contributed by atoms with Gasteiger partial charge in [-0.3, -0.25) is 0 Å². The zero-order chi connectivity index (χ0) is 15.3. The summed E-state index contributed by atoms with van der Waals surface area (Å²) in [6.07, 6.45) is 0.591. The number of aliphatic hydroxyl groups is 6. The summed E-state index contributed by atoms with van der Waals surface area (Å²) in [6, 6.07) is 0. The molecule has 0 spiro atoms. The molecule has 0 aromatic carbocycles. The van der Waals surface area contributed by atoms with Gasteiger partial charge in [0.15, 0.2) is 0 Å². The minimum atomic E-state index is -3.49. The van der Waals surface area contributed by atoms with Gasteiger partial charge in [0.1, 0.15) is 0 Å². The van der Waals surface area contributed by atoms with Crippen LogP contribution in [-0.2, 0) is 0 Å². The molecule has 6 N–H and O–H groups in total. The molecule has 0 saturated carbocycles. The van der Waals surface area contributed by atoms with Gasteiger partial charge in [0.05, 0.1) is 0 Å². The average Bonchev–Trinajstić information content (AvgIpc) is 2.47. The predicted octanol–water partition coefficient (Wildman–Crippen LogP) is -1.37. The van der Waals surface area contributed by atoms with Crippen LogP contribution >= 0.6 is 0 Å². The third kappa shape index (κ3) is 4.42. The molecule has 0 fully saturated rings. The molecular formula is C11H30As2O6. The van der Waals surface area contributed by atoms with Gasteiger partial charge >= 0.3 is 116 Å². The Morgan fingerprint density at radius 3 is 0.895 bits per heavy atom. The van der Waals surface area contributed by atoms with Crippen LogP contribution in [0.15, 0.2) is 0 Å². The first kappa shape index (κ1) is 19.9. The van der Waals surface area contributed by atoms with Crippen molar-refractivity contribution in [2.75, 3.05) is 32.4 Å². The van der Waals surface area contributed by atoms with Crippen LogP contribution in [0.5, 0.6) is 0 Å². The van der Waals surface area contributed by atoms with Crippen molar-refractivity contribution in [2.24, 2.45) is 0 Å². The van der Waals surface area contributed by atoms with Gasteiger partial charge in [-0.2, -0.15) is 0 Å². The molecule has 0 saturated heterocycles. The van der Waals surface area contributed by atoms with Crippen LogP contribution in [0.3, 0.4) is 0 Å². The second-order valence-electron chi connectivity index (χ2n) is 6.86. The standard InChI is InChI=1S/C11H30As2O6/c1-12(6-14,7-15,8-16)4-3-5-13(2,9-17,10-18)11-19/h14-19H,3-11H2,1-2H3. The average molecular weight is 408 g/mol. The van der Waals surface area contributed by atoms with E-state index in [1.807, 2.05) is 0 Å². The van der Waals surface area contributed by atoms with Crippen LogP contribution in [0.2, 0.25) is 21.8 Å². The van der Waals surface area contributed by atoms with Crippen molar-refractivity contribution in [3.63, 3.8) is 0 Å². The van der Waals surface area contributed by atoms with E-state index in [4.69, 9.17) is 0 Å². The van der Waals surface area contributed by atoms with E-state index in [0.29, 0.717) is 16.8 Å². The summed E-state index contributed by atoms with van der Waals surface area (Å²) < 4.78 is 0.